The van der Waals surface area contributed by atoms with Gasteiger partial charge in [-0.3, -0.25) is 0 Å². The molecule has 2 aromatic rings. The summed E-state index contributed by atoms with van der Waals surface area (Å²) < 4.78 is 4.96. The van der Waals surface area contributed by atoms with Gasteiger partial charge in [-0.05, 0) is 31.0 Å². The number of hydrogen-bond acceptors (Lipinski definition) is 4. The van der Waals surface area contributed by atoms with Gasteiger partial charge in [0.15, 0.2) is 0 Å². The number of ether oxygens (including phenoxy) is 1. The number of phenols is 1. The van der Waals surface area contributed by atoms with Crippen molar-refractivity contribution in [2.24, 2.45) is 0 Å². The molecule has 0 radical (unpaired) electrons. The number of esters is 1. The van der Waals surface area contributed by atoms with Gasteiger partial charge in [-0.1, -0.05) is 6.07 Å². The van der Waals surface area contributed by atoms with Crippen molar-refractivity contribution in [2.45, 2.75) is 20.3 Å². The molecule has 0 atom stereocenters. The van der Waals surface area contributed by atoms with E-state index in [0.717, 1.165) is 16.8 Å². The molecule has 1 aromatic heterocycles. The first-order valence-electron chi connectivity index (χ1n) is 6.09. The number of aromatic amines is 1. The average Bonchev–Trinajstić information content (AvgIpc) is 2.86. The Morgan fingerprint density at radius 3 is 2.89 bits per heavy atom. The molecule has 0 bridgehead atoms. The summed E-state index contributed by atoms with van der Waals surface area (Å²) in [5.41, 5.74) is 2.77. The van der Waals surface area contributed by atoms with E-state index >= 15 is 0 Å². The second-order valence-corrected chi connectivity index (χ2v) is 4.20. The molecule has 2 rings (SSSR count). The van der Waals surface area contributed by atoms with Crippen LogP contribution in [0, 0.1) is 6.92 Å². The average molecular weight is 260 g/mol. The molecule has 1 heterocycles. The van der Waals surface area contributed by atoms with E-state index in [-0.39, 0.29) is 17.9 Å². The molecule has 0 amide bonds. The molecule has 5 heteroatoms. The maximum Gasteiger partial charge on any atom is 0.342 e. The monoisotopic (exact) mass is 260 g/mol. The number of carbonyl (C=O) groups excluding carboxylic acids is 1. The molecule has 5 nitrogen and oxygen atoms in total. The van der Waals surface area contributed by atoms with Crippen molar-refractivity contribution in [1.29, 1.82) is 0 Å². The Labute approximate surface area is 111 Å². The maximum absolute atomic E-state index is 11.8. The van der Waals surface area contributed by atoms with Crippen LogP contribution >= 0.6 is 0 Å². The summed E-state index contributed by atoms with van der Waals surface area (Å²) in [6.07, 6.45) is 4.01. The number of benzene rings is 1. The van der Waals surface area contributed by atoms with Crippen molar-refractivity contribution in [2.75, 3.05) is 6.61 Å². The summed E-state index contributed by atoms with van der Waals surface area (Å²) in [7, 11) is 0. The molecule has 0 saturated heterocycles. The van der Waals surface area contributed by atoms with Gasteiger partial charge in [-0.15, -0.1) is 0 Å². The number of phenolic OH excluding ortho intramolecular Hbond substituents is 1. The minimum Gasteiger partial charge on any atom is -0.507 e. The molecule has 100 valence electrons. The first-order chi connectivity index (χ1) is 9.13. The van der Waals surface area contributed by atoms with Gasteiger partial charge in [-0.2, -0.15) is 0 Å². The summed E-state index contributed by atoms with van der Waals surface area (Å²) in [6.45, 7) is 3.81. The SMILES string of the molecule is CCOC(=O)c1c(O)ccc(Cc2c[nH]cn2)c1C. The van der Waals surface area contributed by atoms with E-state index in [2.05, 4.69) is 9.97 Å². The van der Waals surface area contributed by atoms with Crippen LogP contribution in [0.3, 0.4) is 0 Å². The van der Waals surface area contributed by atoms with Crippen LogP contribution in [0.15, 0.2) is 24.7 Å². The summed E-state index contributed by atoms with van der Waals surface area (Å²) in [5, 5.41) is 9.82. The summed E-state index contributed by atoms with van der Waals surface area (Å²) in [4.78, 5) is 18.9. The number of nitrogens with one attached hydrogen (secondary N) is 1. The van der Waals surface area contributed by atoms with Crippen LogP contribution < -0.4 is 0 Å². The predicted molar refractivity (Wildman–Crippen MR) is 70.2 cm³/mol. The number of aromatic nitrogens is 2. The molecule has 0 fully saturated rings. The number of hydrogen-bond donors (Lipinski definition) is 2. The molecule has 0 aliphatic carbocycles. The highest BCUT2D eigenvalue weighted by Gasteiger charge is 2.18. The minimum absolute atomic E-state index is 0.0540. The molecule has 0 aliphatic rings. The normalized spacial score (nSPS) is 10.4. The number of rotatable bonds is 4. The molecule has 2 N–H and O–H groups in total. The molecule has 0 unspecified atom stereocenters. The van der Waals surface area contributed by atoms with Crippen LogP contribution in [0.4, 0.5) is 0 Å². The molecular weight excluding hydrogens is 244 g/mol. The van der Waals surface area contributed by atoms with E-state index in [1.807, 2.05) is 0 Å². The third-order valence-electron chi connectivity index (χ3n) is 2.96. The fourth-order valence-electron chi connectivity index (χ4n) is 1.98. The fraction of sp³-hybridized carbons (Fsp3) is 0.286. The second-order valence-electron chi connectivity index (χ2n) is 4.20. The number of aromatic hydroxyl groups is 1. The number of H-pyrrole nitrogens is 1. The summed E-state index contributed by atoms with van der Waals surface area (Å²) in [6, 6.07) is 3.31. The van der Waals surface area contributed by atoms with Gasteiger partial charge in [0.25, 0.3) is 0 Å². The molecule has 19 heavy (non-hydrogen) atoms. The highest BCUT2D eigenvalue weighted by molar-refractivity contribution is 5.94. The number of imidazole rings is 1. The quantitative estimate of drug-likeness (QED) is 0.826. The number of nitrogens with zero attached hydrogens (tertiary/aromatic N) is 1. The van der Waals surface area contributed by atoms with Crippen molar-refractivity contribution >= 4 is 5.97 Å². The zero-order valence-electron chi connectivity index (χ0n) is 10.9. The van der Waals surface area contributed by atoms with Crippen LogP contribution in [0.25, 0.3) is 0 Å². The van der Waals surface area contributed by atoms with E-state index in [1.165, 1.54) is 6.07 Å². The highest BCUT2D eigenvalue weighted by atomic mass is 16.5. The molecular formula is C14H16N2O3. The van der Waals surface area contributed by atoms with Crippen molar-refractivity contribution in [3.05, 3.63) is 47.0 Å². The zero-order valence-corrected chi connectivity index (χ0v) is 10.9. The van der Waals surface area contributed by atoms with E-state index in [9.17, 15) is 9.90 Å². The first kappa shape index (κ1) is 13.1. The molecule has 0 saturated carbocycles. The summed E-state index contributed by atoms with van der Waals surface area (Å²) >= 11 is 0. The van der Waals surface area contributed by atoms with Gasteiger partial charge in [0.05, 0.1) is 18.6 Å². The smallest absolute Gasteiger partial charge is 0.342 e. The third-order valence-corrected chi connectivity index (χ3v) is 2.96. The van der Waals surface area contributed by atoms with Gasteiger partial charge < -0.3 is 14.8 Å². The van der Waals surface area contributed by atoms with Gasteiger partial charge in [-0.25, -0.2) is 9.78 Å². The van der Waals surface area contributed by atoms with E-state index < -0.39 is 5.97 Å². The Kier molecular flexibility index (Phi) is 3.85. The van der Waals surface area contributed by atoms with E-state index in [4.69, 9.17) is 4.74 Å². The lowest BCUT2D eigenvalue weighted by atomic mass is 9.98. The lowest BCUT2D eigenvalue weighted by Gasteiger charge is -2.11. The lowest BCUT2D eigenvalue weighted by Crippen LogP contribution is -2.09. The second kappa shape index (κ2) is 5.56. The topological polar surface area (TPSA) is 75.2 Å². The molecule has 1 aromatic carbocycles. The Bertz CT molecular complexity index is 577. The summed E-state index contributed by atoms with van der Waals surface area (Å²) in [5.74, 6) is -0.553. The Morgan fingerprint density at radius 2 is 2.26 bits per heavy atom. The van der Waals surface area contributed by atoms with Crippen molar-refractivity contribution in [3.63, 3.8) is 0 Å². The van der Waals surface area contributed by atoms with E-state index in [0.29, 0.717) is 6.42 Å². The maximum atomic E-state index is 11.8. The van der Waals surface area contributed by atoms with Crippen LogP contribution in [-0.4, -0.2) is 27.7 Å². The van der Waals surface area contributed by atoms with Gasteiger partial charge in [0, 0.05) is 12.6 Å². The zero-order chi connectivity index (χ0) is 13.8. The number of carbonyl (C=O) groups is 1. The van der Waals surface area contributed by atoms with Gasteiger partial charge in [0.2, 0.25) is 0 Å². The third kappa shape index (κ3) is 2.76. The standard InChI is InChI=1S/C14H16N2O3/c1-3-19-14(18)13-9(2)10(4-5-12(13)17)6-11-7-15-8-16-11/h4-5,7-8,17H,3,6H2,1-2H3,(H,15,16). The minimum atomic E-state index is -0.499. The molecule has 0 aliphatic heterocycles. The van der Waals surface area contributed by atoms with Crippen LogP contribution in [0.5, 0.6) is 5.75 Å². The van der Waals surface area contributed by atoms with Gasteiger partial charge in [0.1, 0.15) is 11.3 Å². The Morgan fingerprint density at radius 1 is 1.47 bits per heavy atom. The largest absolute Gasteiger partial charge is 0.507 e. The van der Waals surface area contributed by atoms with Crippen molar-refractivity contribution in [1.82, 2.24) is 9.97 Å². The van der Waals surface area contributed by atoms with Crippen molar-refractivity contribution in [3.8, 4) is 5.75 Å². The first-order valence-corrected chi connectivity index (χ1v) is 6.09. The molecule has 0 spiro atoms. The van der Waals surface area contributed by atoms with Crippen LogP contribution in [0.2, 0.25) is 0 Å². The van der Waals surface area contributed by atoms with Crippen LogP contribution in [0.1, 0.15) is 34.1 Å². The fourth-order valence-corrected chi connectivity index (χ4v) is 1.98. The van der Waals surface area contributed by atoms with Crippen LogP contribution in [-0.2, 0) is 11.2 Å². The Balaban J connectivity index is 2.36. The van der Waals surface area contributed by atoms with E-state index in [1.54, 1.807) is 32.4 Å². The predicted octanol–water partition coefficient (Wildman–Crippen LogP) is 2.19. The van der Waals surface area contributed by atoms with Gasteiger partial charge >= 0.3 is 5.97 Å². The van der Waals surface area contributed by atoms with Crippen molar-refractivity contribution < 1.29 is 14.6 Å². The Hall–Kier alpha value is -2.30. The lowest BCUT2D eigenvalue weighted by molar-refractivity contribution is 0.0522. The highest BCUT2D eigenvalue weighted by Crippen LogP contribution is 2.26.